The molecule has 0 heterocycles. The first-order chi connectivity index (χ1) is 12.1. The van der Waals surface area contributed by atoms with Crippen molar-refractivity contribution in [2.24, 2.45) is 5.73 Å². The Balaban J connectivity index is 0.00000338. The summed E-state index contributed by atoms with van der Waals surface area (Å²) < 4.78 is 9.97. The van der Waals surface area contributed by atoms with Crippen molar-refractivity contribution >= 4 is 30.0 Å². The molecule has 0 aliphatic rings. The van der Waals surface area contributed by atoms with Gasteiger partial charge in [-0.25, -0.2) is 0 Å². The number of rotatable bonds is 8. The Morgan fingerprint density at radius 3 is 2.35 bits per heavy atom. The fourth-order valence-electron chi connectivity index (χ4n) is 2.22. The van der Waals surface area contributed by atoms with Gasteiger partial charge in [0.15, 0.2) is 0 Å². The molecule has 6 nitrogen and oxygen atoms in total. The van der Waals surface area contributed by atoms with E-state index in [2.05, 4.69) is 10.1 Å². The van der Waals surface area contributed by atoms with Crippen LogP contribution in [-0.4, -0.2) is 25.6 Å². The molecular formula is C19H23ClN2O4. The van der Waals surface area contributed by atoms with Gasteiger partial charge in [0, 0.05) is 18.2 Å². The molecule has 0 spiro atoms. The summed E-state index contributed by atoms with van der Waals surface area (Å²) in [5, 5.41) is 2.80. The van der Waals surface area contributed by atoms with Gasteiger partial charge in [-0.15, -0.1) is 12.4 Å². The number of hydrogen-bond acceptors (Lipinski definition) is 5. The molecule has 0 saturated carbocycles. The summed E-state index contributed by atoms with van der Waals surface area (Å²) >= 11 is 0. The molecule has 0 fully saturated rings. The molecule has 3 N–H and O–H groups in total. The Labute approximate surface area is 159 Å². The van der Waals surface area contributed by atoms with Crippen LogP contribution in [0.1, 0.15) is 24.4 Å². The van der Waals surface area contributed by atoms with Gasteiger partial charge in [0.2, 0.25) is 5.91 Å². The summed E-state index contributed by atoms with van der Waals surface area (Å²) in [6.07, 6.45) is 0.383. The molecule has 26 heavy (non-hydrogen) atoms. The predicted octanol–water partition coefficient (Wildman–Crippen LogP) is 3.08. The van der Waals surface area contributed by atoms with Crippen LogP contribution in [0.25, 0.3) is 0 Å². The molecule has 1 unspecified atom stereocenters. The van der Waals surface area contributed by atoms with Crippen LogP contribution in [0.4, 0.5) is 5.69 Å². The number of esters is 1. The topological polar surface area (TPSA) is 90.6 Å². The van der Waals surface area contributed by atoms with Gasteiger partial charge in [0.25, 0.3) is 0 Å². The number of hydrogen-bond donors (Lipinski definition) is 2. The number of methoxy groups -OCH3 is 1. The third-order valence-corrected chi connectivity index (χ3v) is 3.57. The van der Waals surface area contributed by atoms with Crippen LogP contribution in [0.3, 0.4) is 0 Å². The summed E-state index contributed by atoms with van der Waals surface area (Å²) in [7, 11) is 1.34. The maximum atomic E-state index is 12.1. The first-order valence-corrected chi connectivity index (χ1v) is 7.98. The number of benzene rings is 2. The molecule has 1 amide bonds. The molecule has 1 atom stereocenters. The van der Waals surface area contributed by atoms with E-state index >= 15 is 0 Å². The first kappa shape index (κ1) is 21.5. The molecular weight excluding hydrogens is 356 g/mol. The number of carbonyl (C=O) groups is 2. The van der Waals surface area contributed by atoms with Crippen LogP contribution in [0.2, 0.25) is 0 Å². The van der Waals surface area contributed by atoms with E-state index in [1.807, 2.05) is 30.3 Å². The van der Waals surface area contributed by atoms with E-state index in [0.29, 0.717) is 11.4 Å². The van der Waals surface area contributed by atoms with Crippen LogP contribution in [-0.2, 0) is 14.3 Å². The van der Waals surface area contributed by atoms with Crippen LogP contribution in [0.15, 0.2) is 54.6 Å². The van der Waals surface area contributed by atoms with Crippen molar-refractivity contribution in [1.29, 1.82) is 0 Å². The number of halogens is 1. The van der Waals surface area contributed by atoms with Crippen molar-refractivity contribution in [3.8, 4) is 5.75 Å². The lowest BCUT2D eigenvalue weighted by Gasteiger charge is -2.12. The second kappa shape index (κ2) is 11.1. The minimum Gasteiger partial charge on any atom is -0.493 e. The predicted molar refractivity (Wildman–Crippen MR) is 102 cm³/mol. The van der Waals surface area contributed by atoms with Gasteiger partial charge >= 0.3 is 5.97 Å². The third-order valence-electron chi connectivity index (χ3n) is 3.57. The Kier molecular flexibility index (Phi) is 9.19. The molecule has 2 aromatic carbocycles. The van der Waals surface area contributed by atoms with E-state index in [0.717, 1.165) is 5.56 Å². The van der Waals surface area contributed by atoms with E-state index < -0.39 is 0 Å². The Hall–Kier alpha value is -2.57. The lowest BCUT2D eigenvalue weighted by Crippen LogP contribution is -2.20. The maximum absolute atomic E-state index is 12.1. The van der Waals surface area contributed by atoms with Gasteiger partial charge in [-0.05, 0) is 29.8 Å². The quantitative estimate of drug-likeness (QED) is 0.689. The minimum atomic E-state index is -0.345. The molecule has 0 aliphatic heterocycles. The summed E-state index contributed by atoms with van der Waals surface area (Å²) in [4.78, 5) is 23.1. The highest BCUT2D eigenvalue weighted by molar-refractivity contribution is 5.91. The van der Waals surface area contributed by atoms with Gasteiger partial charge in [0.05, 0.1) is 20.1 Å². The zero-order valence-corrected chi connectivity index (χ0v) is 15.3. The van der Waals surface area contributed by atoms with Crippen molar-refractivity contribution in [2.75, 3.05) is 19.0 Å². The zero-order valence-electron chi connectivity index (χ0n) is 14.5. The van der Waals surface area contributed by atoms with Crippen molar-refractivity contribution in [1.82, 2.24) is 0 Å². The number of nitrogens with two attached hydrogens (primary N) is 1. The summed E-state index contributed by atoms with van der Waals surface area (Å²) in [6.45, 7) is 0.240. The van der Waals surface area contributed by atoms with E-state index in [-0.39, 0.29) is 49.8 Å². The molecule has 0 bridgehead atoms. The van der Waals surface area contributed by atoms with Crippen LogP contribution in [0.5, 0.6) is 5.75 Å². The van der Waals surface area contributed by atoms with Gasteiger partial charge in [0.1, 0.15) is 5.75 Å². The number of carbonyl (C=O) groups excluding carboxylic acids is 2. The highest BCUT2D eigenvalue weighted by atomic mass is 35.5. The SMILES string of the molecule is COC(=O)CCOc1ccc(NC(=O)CC(N)c2ccccc2)cc1.Cl. The first-order valence-electron chi connectivity index (χ1n) is 7.98. The molecule has 2 aromatic rings. The monoisotopic (exact) mass is 378 g/mol. The highest BCUT2D eigenvalue weighted by Crippen LogP contribution is 2.18. The van der Waals surface area contributed by atoms with Crippen molar-refractivity contribution in [2.45, 2.75) is 18.9 Å². The van der Waals surface area contributed by atoms with Crippen molar-refractivity contribution in [3.63, 3.8) is 0 Å². The second-order valence-electron chi connectivity index (χ2n) is 5.47. The van der Waals surface area contributed by atoms with Gasteiger partial charge in [-0.3, -0.25) is 9.59 Å². The van der Waals surface area contributed by atoms with Crippen LogP contribution in [0, 0.1) is 0 Å². The van der Waals surface area contributed by atoms with Crippen molar-refractivity contribution < 1.29 is 19.1 Å². The minimum absolute atomic E-state index is 0. The Morgan fingerprint density at radius 2 is 1.73 bits per heavy atom. The standard InChI is InChI=1S/C19H22N2O4.ClH/c1-24-19(23)11-12-25-16-9-7-15(8-10-16)21-18(22)13-17(20)14-5-3-2-4-6-14;/h2-10,17H,11-13,20H2,1H3,(H,21,22);1H. The average Bonchev–Trinajstić information content (AvgIpc) is 2.63. The van der Waals surface area contributed by atoms with E-state index in [1.54, 1.807) is 24.3 Å². The molecule has 0 aliphatic carbocycles. The molecule has 0 saturated heterocycles. The fourth-order valence-corrected chi connectivity index (χ4v) is 2.22. The third kappa shape index (κ3) is 7.13. The summed E-state index contributed by atoms with van der Waals surface area (Å²) in [5.41, 5.74) is 7.63. The number of nitrogens with one attached hydrogen (secondary N) is 1. The van der Waals surface area contributed by atoms with Crippen LogP contribution >= 0.6 is 12.4 Å². The Morgan fingerprint density at radius 1 is 1.08 bits per heavy atom. The molecule has 140 valence electrons. The fraction of sp³-hybridized carbons (Fsp3) is 0.263. The van der Waals surface area contributed by atoms with E-state index in [9.17, 15) is 9.59 Å². The lowest BCUT2D eigenvalue weighted by atomic mass is 10.0. The largest absolute Gasteiger partial charge is 0.493 e. The smallest absolute Gasteiger partial charge is 0.308 e. The van der Waals surface area contributed by atoms with E-state index in [4.69, 9.17) is 10.5 Å². The number of ether oxygens (including phenoxy) is 2. The molecule has 2 rings (SSSR count). The lowest BCUT2D eigenvalue weighted by molar-refractivity contribution is -0.141. The highest BCUT2D eigenvalue weighted by Gasteiger charge is 2.11. The maximum Gasteiger partial charge on any atom is 0.308 e. The number of amides is 1. The normalized spacial score (nSPS) is 11.0. The Bertz CT molecular complexity index is 692. The molecule has 0 radical (unpaired) electrons. The zero-order chi connectivity index (χ0) is 18.1. The number of anilines is 1. The average molecular weight is 379 g/mol. The van der Waals surface area contributed by atoms with Crippen LogP contribution < -0.4 is 15.8 Å². The van der Waals surface area contributed by atoms with Gasteiger partial charge in [-0.1, -0.05) is 30.3 Å². The summed E-state index contributed by atoms with van der Waals surface area (Å²) in [5.74, 6) is 0.136. The van der Waals surface area contributed by atoms with Crippen molar-refractivity contribution in [3.05, 3.63) is 60.2 Å². The summed E-state index contributed by atoms with van der Waals surface area (Å²) in [6, 6.07) is 16.1. The van der Waals surface area contributed by atoms with E-state index in [1.165, 1.54) is 7.11 Å². The van der Waals surface area contributed by atoms with Gasteiger partial charge in [-0.2, -0.15) is 0 Å². The molecule has 7 heteroatoms. The van der Waals surface area contributed by atoms with Gasteiger partial charge < -0.3 is 20.5 Å². The second-order valence-corrected chi connectivity index (χ2v) is 5.47. The molecule has 0 aromatic heterocycles.